The third kappa shape index (κ3) is 3.76. The number of ether oxygens (including phenoxy) is 2. The molecule has 6 heteroatoms. The average Bonchev–Trinajstić information content (AvgIpc) is 2.94. The molecule has 0 amide bonds. The van der Waals surface area contributed by atoms with Crippen molar-refractivity contribution in [3.63, 3.8) is 0 Å². The van der Waals surface area contributed by atoms with Gasteiger partial charge in [-0.25, -0.2) is 0 Å². The molecule has 0 saturated heterocycles. The maximum absolute atomic E-state index is 13.6. The van der Waals surface area contributed by atoms with Gasteiger partial charge in [-0.15, -0.1) is 0 Å². The Morgan fingerprint density at radius 1 is 0.395 bits per heavy atom. The van der Waals surface area contributed by atoms with E-state index in [1.807, 2.05) is 72.8 Å². The van der Waals surface area contributed by atoms with Crippen LogP contribution in [-0.2, 0) is 0 Å². The summed E-state index contributed by atoms with van der Waals surface area (Å²) < 4.78 is 11.9. The molecule has 0 aliphatic heterocycles. The highest BCUT2D eigenvalue weighted by atomic mass is 16.5. The molecule has 7 aromatic rings. The zero-order valence-electron chi connectivity index (χ0n) is 20.0. The normalized spacial score (nSPS) is 11.4. The first-order valence-corrected chi connectivity index (χ1v) is 12.2. The van der Waals surface area contributed by atoms with Gasteiger partial charge in [-0.1, -0.05) is 36.4 Å². The Morgan fingerprint density at radius 2 is 0.868 bits per heavy atom. The van der Waals surface area contributed by atoms with Crippen molar-refractivity contribution in [2.75, 3.05) is 0 Å². The fraction of sp³-hybridized carbons (Fsp3) is 0. The summed E-state index contributed by atoms with van der Waals surface area (Å²) in [5, 5.41) is 2.03. The SMILES string of the molecule is O=c1c2ccc(Oc3ccccc3)cc2[nH]c2cc3c(=O)c4cc(Oc5ccccc5)ccc4[nH]c3cc12. The van der Waals surface area contributed by atoms with Gasteiger partial charge in [0, 0.05) is 27.6 Å². The summed E-state index contributed by atoms with van der Waals surface area (Å²) >= 11 is 0. The van der Waals surface area contributed by atoms with Crippen molar-refractivity contribution in [3.8, 4) is 23.0 Å². The number of H-pyrrole nitrogens is 2. The van der Waals surface area contributed by atoms with Crippen LogP contribution in [0, 0.1) is 0 Å². The van der Waals surface area contributed by atoms with Crippen LogP contribution in [0.15, 0.2) is 119 Å². The highest BCUT2D eigenvalue weighted by Crippen LogP contribution is 2.28. The van der Waals surface area contributed by atoms with Gasteiger partial charge in [0.2, 0.25) is 0 Å². The van der Waals surface area contributed by atoms with Gasteiger partial charge in [0.05, 0.1) is 22.1 Å². The lowest BCUT2D eigenvalue weighted by atomic mass is 10.0. The van der Waals surface area contributed by atoms with Gasteiger partial charge in [0.1, 0.15) is 23.0 Å². The Hall–Kier alpha value is -5.36. The summed E-state index contributed by atoms with van der Waals surface area (Å²) in [4.78, 5) is 33.6. The van der Waals surface area contributed by atoms with E-state index in [0.717, 1.165) is 0 Å². The smallest absolute Gasteiger partial charge is 0.197 e. The standard InChI is InChI=1S/C32H20N2O4/c35-31-23-13-11-22(38-20-9-5-2-6-10-20)16-28(23)34-30-18-26-29(17-25(30)31)33-27-14-12-21(15-24(27)32(26)36)37-19-7-3-1-4-8-19/h1-18H,(H,33,36)(H,34,35). The Kier molecular flexibility index (Phi) is 4.97. The third-order valence-electron chi connectivity index (χ3n) is 6.61. The molecule has 182 valence electrons. The van der Waals surface area contributed by atoms with Gasteiger partial charge >= 0.3 is 0 Å². The minimum Gasteiger partial charge on any atom is -0.457 e. The van der Waals surface area contributed by atoms with E-state index in [1.165, 1.54) is 0 Å². The van der Waals surface area contributed by atoms with Crippen molar-refractivity contribution in [3.05, 3.63) is 130 Å². The van der Waals surface area contributed by atoms with Gasteiger partial charge in [0.25, 0.3) is 0 Å². The second-order valence-electron chi connectivity index (χ2n) is 9.10. The van der Waals surface area contributed by atoms with Gasteiger partial charge in [0.15, 0.2) is 10.9 Å². The molecule has 0 aliphatic carbocycles. The lowest BCUT2D eigenvalue weighted by Crippen LogP contribution is -2.08. The first-order chi connectivity index (χ1) is 18.6. The maximum atomic E-state index is 13.6. The number of hydrogen-bond donors (Lipinski definition) is 2. The van der Waals surface area contributed by atoms with Crippen LogP contribution in [0.4, 0.5) is 0 Å². The van der Waals surface area contributed by atoms with Crippen molar-refractivity contribution < 1.29 is 9.47 Å². The quantitative estimate of drug-likeness (QED) is 0.251. The van der Waals surface area contributed by atoms with Crippen molar-refractivity contribution in [2.45, 2.75) is 0 Å². The van der Waals surface area contributed by atoms with Crippen LogP contribution in [0.5, 0.6) is 23.0 Å². The fourth-order valence-corrected chi connectivity index (χ4v) is 4.78. The van der Waals surface area contributed by atoms with E-state index in [1.54, 1.807) is 36.4 Å². The average molecular weight is 497 g/mol. The lowest BCUT2D eigenvalue weighted by Gasteiger charge is -2.10. The molecular formula is C32H20N2O4. The van der Waals surface area contributed by atoms with Crippen LogP contribution in [-0.4, -0.2) is 9.97 Å². The highest BCUT2D eigenvalue weighted by Gasteiger charge is 2.13. The number of rotatable bonds is 4. The number of para-hydroxylation sites is 2. The van der Waals surface area contributed by atoms with Crippen molar-refractivity contribution in [1.82, 2.24) is 9.97 Å². The number of aromatic amines is 2. The number of aromatic nitrogens is 2. The molecule has 0 radical (unpaired) electrons. The molecule has 7 rings (SSSR count). The predicted octanol–water partition coefficient (Wildman–Crippen LogP) is 7.26. The summed E-state index contributed by atoms with van der Waals surface area (Å²) in [6.45, 7) is 0. The van der Waals surface area contributed by atoms with E-state index in [-0.39, 0.29) is 10.9 Å². The van der Waals surface area contributed by atoms with E-state index < -0.39 is 0 Å². The van der Waals surface area contributed by atoms with Crippen molar-refractivity contribution in [2.24, 2.45) is 0 Å². The Bertz CT molecular complexity index is 2110. The highest BCUT2D eigenvalue weighted by molar-refractivity contribution is 6.03. The molecule has 2 heterocycles. The predicted molar refractivity (Wildman–Crippen MR) is 151 cm³/mol. The van der Waals surface area contributed by atoms with E-state index in [4.69, 9.17) is 9.47 Å². The third-order valence-corrected chi connectivity index (χ3v) is 6.61. The van der Waals surface area contributed by atoms with E-state index in [9.17, 15) is 9.59 Å². The number of nitrogens with one attached hydrogen (secondary N) is 2. The molecule has 38 heavy (non-hydrogen) atoms. The van der Waals surface area contributed by atoms with Gasteiger partial charge < -0.3 is 19.4 Å². The number of hydrogen-bond acceptors (Lipinski definition) is 4. The molecule has 5 aromatic carbocycles. The summed E-state index contributed by atoms with van der Waals surface area (Å²) in [6, 6.07) is 33.0. The van der Waals surface area contributed by atoms with Gasteiger partial charge in [-0.3, -0.25) is 9.59 Å². The second kappa shape index (κ2) is 8.64. The number of pyridine rings is 2. The molecule has 0 aliphatic rings. The largest absolute Gasteiger partial charge is 0.457 e. The van der Waals surface area contributed by atoms with Gasteiger partial charge in [-0.05, 0) is 66.7 Å². The summed E-state index contributed by atoms with van der Waals surface area (Å²) in [5.74, 6) is 2.57. The fourth-order valence-electron chi connectivity index (χ4n) is 4.78. The second-order valence-corrected chi connectivity index (χ2v) is 9.10. The van der Waals surface area contributed by atoms with Crippen LogP contribution in [0.3, 0.4) is 0 Å². The zero-order valence-corrected chi connectivity index (χ0v) is 20.0. The first kappa shape index (κ1) is 21.9. The molecule has 2 N–H and O–H groups in total. The lowest BCUT2D eigenvalue weighted by molar-refractivity contribution is 0.483. The molecule has 0 unspecified atom stereocenters. The van der Waals surface area contributed by atoms with Crippen LogP contribution >= 0.6 is 0 Å². The molecule has 0 bridgehead atoms. The first-order valence-electron chi connectivity index (χ1n) is 12.2. The van der Waals surface area contributed by atoms with E-state index in [2.05, 4.69) is 9.97 Å². The molecule has 0 saturated carbocycles. The van der Waals surface area contributed by atoms with Crippen LogP contribution in [0.25, 0.3) is 43.6 Å². The minimum atomic E-state index is -0.142. The zero-order chi connectivity index (χ0) is 25.6. The molecule has 0 fully saturated rings. The van der Waals surface area contributed by atoms with Crippen LogP contribution in [0.1, 0.15) is 0 Å². The summed E-state index contributed by atoms with van der Waals surface area (Å²) in [6.07, 6.45) is 0. The number of fused-ring (bicyclic) bond motifs is 4. The van der Waals surface area contributed by atoms with Crippen LogP contribution < -0.4 is 20.3 Å². The Morgan fingerprint density at radius 3 is 1.50 bits per heavy atom. The van der Waals surface area contributed by atoms with Crippen LogP contribution in [0.2, 0.25) is 0 Å². The van der Waals surface area contributed by atoms with Gasteiger partial charge in [-0.2, -0.15) is 0 Å². The molecule has 2 aromatic heterocycles. The summed E-state index contributed by atoms with van der Waals surface area (Å²) in [5.41, 5.74) is 2.22. The molecule has 0 spiro atoms. The van der Waals surface area contributed by atoms with Crippen molar-refractivity contribution >= 4 is 43.6 Å². The minimum absolute atomic E-state index is 0.116. The van der Waals surface area contributed by atoms with E-state index >= 15 is 0 Å². The number of benzene rings is 5. The molecule has 6 nitrogen and oxygen atoms in total. The molecular weight excluding hydrogens is 476 g/mol. The molecule has 0 atom stereocenters. The Labute approximate surface area is 215 Å². The summed E-state index contributed by atoms with van der Waals surface area (Å²) in [7, 11) is 0. The monoisotopic (exact) mass is 496 g/mol. The maximum Gasteiger partial charge on any atom is 0.197 e. The van der Waals surface area contributed by atoms with Crippen molar-refractivity contribution in [1.29, 1.82) is 0 Å². The topological polar surface area (TPSA) is 84.2 Å². The van der Waals surface area contributed by atoms with E-state index in [0.29, 0.717) is 66.6 Å². The Balaban J connectivity index is 1.37.